The van der Waals surface area contributed by atoms with Gasteiger partial charge < -0.3 is 15.2 Å². The molecule has 3 atom stereocenters. The van der Waals surface area contributed by atoms with E-state index in [-0.39, 0.29) is 5.91 Å². The van der Waals surface area contributed by atoms with E-state index in [0.29, 0.717) is 17.9 Å². The molecule has 1 unspecified atom stereocenters. The van der Waals surface area contributed by atoms with Crippen LogP contribution >= 0.6 is 0 Å². The van der Waals surface area contributed by atoms with Gasteiger partial charge in [0.2, 0.25) is 0 Å². The van der Waals surface area contributed by atoms with Crippen LogP contribution in [0.1, 0.15) is 29.8 Å². The van der Waals surface area contributed by atoms with Gasteiger partial charge in [0.1, 0.15) is 5.69 Å². The molecule has 1 aliphatic heterocycles. The molecule has 1 amide bonds. The van der Waals surface area contributed by atoms with Gasteiger partial charge in [0.05, 0.1) is 0 Å². The van der Waals surface area contributed by atoms with Crippen LogP contribution < -0.4 is 5.73 Å². The summed E-state index contributed by atoms with van der Waals surface area (Å²) in [5, 5.41) is 0. The van der Waals surface area contributed by atoms with Crippen LogP contribution in [0.2, 0.25) is 0 Å². The lowest BCUT2D eigenvalue weighted by Gasteiger charge is -2.27. The van der Waals surface area contributed by atoms with Gasteiger partial charge in [-0.2, -0.15) is 0 Å². The molecule has 2 N–H and O–H groups in total. The topological polar surface area (TPSA) is 51.3 Å². The molecule has 2 heterocycles. The highest BCUT2D eigenvalue weighted by Crippen LogP contribution is 2.36. The molecule has 0 spiro atoms. The standard InChI is InChI=1S/C14H21N3O/c1-16-6-2-3-13(16)14(18)17-8-10-4-5-12(15)7-11(10)9-17/h2-3,6,10-12H,4-5,7-9,15H2,1H3/t10-,11+,12?/m0/s1. The first-order valence-electron chi connectivity index (χ1n) is 6.81. The summed E-state index contributed by atoms with van der Waals surface area (Å²) in [6.07, 6.45) is 5.31. The number of fused-ring (bicyclic) bond motifs is 1. The van der Waals surface area contributed by atoms with Crippen molar-refractivity contribution in [3.8, 4) is 0 Å². The van der Waals surface area contributed by atoms with Gasteiger partial charge in [0, 0.05) is 32.4 Å². The fourth-order valence-corrected chi connectivity index (χ4v) is 3.48. The number of nitrogens with zero attached hydrogens (tertiary/aromatic N) is 2. The average Bonchev–Trinajstić information content (AvgIpc) is 2.93. The summed E-state index contributed by atoms with van der Waals surface area (Å²) in [4.78, 5) is 14.4. The monoisotopic (exact) mass is 247 g/mol. The number of likely N-dealkylation sites (tertiary alicyclic amines) is 1. The fraction of sp³-hybridized carbons (Fsp3) is 0.643. The lowest BCUT2D eigenvalue weighted by Crippen LogP contribution is -2.32. The van der Waals surface area contributed by atoms with Gasteiger partial charge in [-0.05, 0) is 43.2 Å². The van der Waals surface area contributed by atoms with Crippen molar-refractivity contribution >= 4 is 5.91 Å². The maximum absolute atomic E-state index is 12.4. The second kappa shape index (κ2) is 4.43. The van der Waals surface area contributed by atoms with Crippen molar-refractivity contribution in [3.63, 3.8) is 0 Å². The summed E-state index contributed by atoms with van der Waals surface area (Å²) < 4.78 is 1.90. The minimum Gasteiger partial charge on any atom is -0.347 e. The van der Waals surface area contributed by atoms with Crippen molar-refractivity contribution in [3.05, 3.63) is 24.0 Å². The zero-order valence-electron chi connectivity index (χ0n) is 10.9. The number of carbonyl (C=O) groups is 1. The molecule has 1 saturated heterocycles. The first kappa shape index (κ1) is 11.8. The first-order chi connectivity index (χ1) is 8.65. The van der Waals surface area contributed by atoms with Gasteiger partial charge in [0.15, 0.2) is 0 Å². The predicted molar refractivity (Wildman–Crippen MR) is 70.1 cm³/mol. The molecule has 3 rings (SSSR count). The lowest BCUT2D eigenvalue weighted by molar-refractivity contribution is 0.0774. The molecule has 0 aromatic carbocycles. The molecule has 0 bridgehead atoms. The van der Waals surface area contributed by atoms with E-state index in [4.69, 9.17) is 5.73 Å². The van der Waals surface area contributed by atoms with Gasteiger partial charge >= 0.3 is 0 Å². The van der Waals surface area contributed by atoms with Crippen LogP contribution in [-0.2, 0) is 7.05 Å². The highest BCUT2D eigenvalue weighted by atomic mass is 16.2. The third-order valence-corrected chi connectivity index (χ3v) is 4.54. The SMILES string of the molecule is Cn1cccc1C(=O)N1C[C@H]2CC(N)CC[C@H]2C1. The summed E-state index contributed by atoms with van der Waals surface area (Å²) in [6.45, 7) is 1.81. The van der Waals surface area contributed by atoms with E-state index in [9.17, 15) is 4.79 Å². The molecule has 2 fully saturated rings. The number of hydrogen-bond acceptors (Lipinski definition) is 2. The minimum absolute atomic E-state index is 0.172. The van der Waals surface area contributed by atoms with Crippen LogP contribution in [0.15, 0.2) is 18.3 Å². The summed E-state index contributed by atoms with van der Waals surface area (Å²) in [5.41, 5.74) is 6.81. The normalized spacial score (nSPS) is 31.4. The molecule has 1 aromatic rings. The highest BCUT2D eigenvalue weighted by Gasteiger charge is 2.38. The van der Waals surface area contributed by atoms with Gasteiger partial charge in [-0.1, -0.05) is 0 Å². The summed E-state index contributed by atoms with van der Waals surface area (Å²) >= 11 is 0. The zero-order valence-corrected chi connectivity index (χ0v) is 10.9. The fourth-order valence-electron chi connectivity index (χ4n) is 3.48. The molecule has 18 heavy (non-hydrogen) atoms. The molecule has 98 valence electrons. The van der Waals surface area contributed by atoms with E-state index in [2.05, 4.69) is 0 Å². The maximum Gasteiger partial charge on any atom is 0.270 e. The third-order valence-electron chi connectivity index (χ3n) is 4.54. The molecule has 1 aromatic heterocycles. The van der Waals surface area contributed by atoms with E-state index in [1.165, 1.54) is 6.42 Å². The Kier molecular flexibility index (Phi) is 2.90. The first-order valence-corrected chi connectivity index (χ1v) is 6.81. The van der Waals surface area contributed by atoms with Gasteiger partial charge in [-0.25, -0.2) is 0 Å². The van der Waals surface area contributed by atoms with Crippen molar-refractivity contribution in [2.24, 2.45) is 24.6 Å². The highest BCUT2D eigenvalue weighted by molar-refractivity contribution is 5.93. The van der Waals surface area contributed by atoms with Crippen molar-refractivity contribution < 1.29 is 4.79 Å². The van der Waals surface area contributed by atoms with Crippen LogP contribution in [0.5, 0.6) is 0 Å². The Morgan fingerprint density at radius 3 is 2.83 bits per heavy atom. The Morgan fingerprint density at radius 1 is 1.33 bits per heavy atom. The van der Waals surface area contributed by atoms with Crippen molar-refractivity contribution in [1.29, 1.82) is 0 Å². The van der Waals surface area contributed by atoms with E-state index < -0.39 is 0 Å². The van der Waals surface area contributed by atoms with Crippen molar-refractivity contribution in [1.82, 2.24) is 9.47 Å². The Hall–Kier alpha value is -1.29. The van der Waals surface area contributed by atoms with Crippen LogP contribution in [0.3, 0.4) is 0 Å². The lowest BCUT2D eigenvalue weighted by atomic mass is 9.79. The number of carbonyl (C=O) groups excluding carboxylic acids is 1. The minimum atomic E-state index is 0.172. The largest absolute Gasteiger partial charge is 0.347 e. The van der Waals surface area contributed by atoms with Crippen molar-refractivity contribution in [2.75, 3.05) is 13.1 Å². The molecular formula is C14H21N3O. The molecule has 1 aliphatic carbocycles. The van der Waals surface area contributed by atoms with Crippen LogP contribution in [-0.4, -0.2) is 34.5 Å². The smallest absolute Gasteiger partial charge is 0.270 e. The Morgan fingerprint density at radius 2 is 2.11 bits per heavy atom. The summed E-state index contributed by atoms with van der Waals surface area (Å²) in [7, 11) is 1.92. The van der Waals surface area contributed by atoms with Crippen molar-refractivity contribution in [2.45, 2.75) is 25.3 Å². The average molecular weight is 247 g/mol. The Balaban J connectivity index is 1.72. The van der Waals surface area contributed by atoms with Gasteiger partial charge in [-0.3, -0.25) is 4.79 Å². The number of hydrogen-bond donors (Lipinski definition) is 1. The van der Waals surface area contributed by atoms with Gasteiger partial charge in [0.25, 0.3) is 5.91 Å². The van der Waals surface area contributed by atoms with Crippen LogP contribution in [0.25, 0.3) is 0 Å². The third kappa shape index (κ3) is 1.94. The number of nitrogens with two attached hydrogens (primary N) is 1. The van der Waals surface area contributed by atoms with Crippen LogP contribution in [0.4, 0.5) is 0 Å². The predicted octanol–water partition coefficient (Wildman–Crippen LogP) is 1.22. The second-order valence-corrected chi connectivity index (χ2v) is 5.81. The van der Waals surface area contributed by atoms with Gasteiger partial charge in [-0.15, -0.1) is 0 Å². The van der Waals surface area contributed by atoms with E-state index in [0.717, 1.165) is 31.6 Å². The molecule has 4 nitrogen and oxygen atoms in total. The molecular weight excluding hydrogens is 226 g/mol. The van der Waals surface area contributed by atoms with E-state index >= 15 is 0 Å². The molecule has 0 radical (unpaired) electrons. The summed E-state index contributed by atoms with van der Waals surface area (Å²) in [5.74, 6) is 1.47. The summed E-state index contributed by atoms with van der Waals surface area (Å²) in [6, 6.07) is 4.17. The molecule has 4 heteroatoms. The Labute approximate surface area is 108 Å². The van der Waals surface area contributed by atoms with E-state index in [1.807, 2.05) is 34.8 Å². The quantitative estimate of drug-likeness (QED) is 0.811. The number of aromatic nitrogens is 1. The zero-order chi connectivity index (χ0) is 12.7. The number of rotatable bonds is 1. The molecule has 1 saturated carbocycles. The maximum atomic E-state index is 12.4. The van der Waals surface area contributed by atoms with Crippen LogP contribution in [0, 0.1) is 11.8 Å². The van der Waals surface area contributed by atoms with E-state index in [1.54, 1.807) is 0 Å². The number of aryl methyl sites for hydroxylation is 1. The number of amides is 1. The second-order valence-electron chi connectivity index (χ2n) is 5.81. The Bertz CT molecular complexity index is 454. The molecule has 2 aliphatic rings.